The minimum atomic E-state index is 0.649. The summed E-state index contributed by atoms with van der Waals surface area (Å²) < 4.78 is 22.6. The maximum absolute atomic E-state index is 5.81. The van der Waals surface area contributed by atoms with E-state index in [9.17, 15) is 0 Å². The summed E-state index contributed by atoms with van der Waals surface area (Å²) in [6.07, 6.45) is 4.03. The number of nitrogens with zero attached hydrogens (tertiary/aromatic N) is 1. The maximum Gasteiger partial charge on any atom is 0.195 e. The number of anilines is 1. The molecule has 0 radical (unpaired) electrons. The molecule has 2 heterocycles. The van der Waals surface area contributed by atoms with Gasteiger partial charge in [-0.1, -0.05) is 0 Å². The van der Waals surface area contributed by atoms with Gasteiger partial charge in [-0.2, -0.15) is 0 Å². The zero-order valence-corrected chi connectivity index (χ0v) is 16.9. The van der Waals surface area contributed by atoms with Gasteiger partial charge in [-0.05, 0) is 44.2 Å². The molecule has 0 aromatic heterocycles. The number of hydrogen-bond acceptors (Lipinski definition) is 5. The van der Waals surface area contributed by atoms with E-state index in [1.165, 1.54) is 0 Å². The molecule has 0 aliphatic carbocycles. The first-order valence-corrected chi connectivity index (χ1v) is 10.5. The number of rotatable bonds is 8. The number of benzene rings is 1. The molecule has 0 spiro atoms. The second-order valence-electron chi connectivity index (χ2n) is 7.08. The lowest BCUT2D eigenvalue weighted by Crippen LogP contribution is -2.30. The highest BCUT2D eigenvalue weighted by atomic mass is 16.5. The van der Waals surface area contributed by atoms with Gasteiger partial charge in [-0.15, -0.1) is 0 Å². The highest BCUT2D eigenvalue weighted by molar-refractivity contribution is 5.93. The Morgan fingerprint density at radius 3 is 2.79 bits per heavy atom. The van der Waals surface area contributed by atoms with E-state index in [4.69, 9.17) is 18.9 Å². The minimum absolute atomic E-state index is 0.649. The van der Waals surface area contributed by atoms with Crippen molar-refractivity contribution in [2.24, 2.45) is 10.9 Å². The minimum Gasteiger partial charge on any atom is -0.490 e. The molecule has 1 saturated heterocycles. The van der Waals surface area contributed by atoms with Crippen LogP contribution < -0.4 is 20.1 Å². The lowest BCUT2D eigenvalue weighted by atomic mass is 10.0. The summed E-state index contributed by atoms with van der Waals surface area (Å²) in [6.45, 7) is 8.27. The van der Waals surface area contributed by atoms with Gasteiger partial charge in [0, 0.05) is 57.7 Å². The van der Waals surface area contributed by atoms with E-state index in [0.717, 1.165) is 81.8 Å². The number of fused-ring (bicyclic) bond motifs is 1. The summed E-state index contributed by atoms with van der Waals surface area (Å²) in [5.74, 6) is 2.99. The van der Waals surface area contributed by atoms with Crippen LogP contribution in [0.15, 0.2) is 23.2 Å². The summed E-state index contributed by atoms with van der Waals surface area (Å²) in [7, 11) is 0. The summed E-state index contributed by atoms with van der Waals surface area (Å²) in [4.78, 5) is 4.65. The van der Waals surface area contributed by atoms with E-state index in [1.807, 2.05) is 18.2 Å². The molecule has 1 aromatic rings. The highest BCUT2D eigenvalue weighted by Crippen LogP contribution is 2.32. The van der Waals surface area contributed by atoms with E-state index in [1.54, 1.807) is 0 Å². The molecule has 0 bridgehead atoms. The van der Waals surface area contributed by atoms with Gasteiger partial charge < -0.3 is 29.6 Å². The smallest absolute Gasteiger partial charge is 0.195 e. The van der Waals surface area contributed by atoms with E-state index >= 15 is 0 Å². The van der Waals surface area contributed by atoms with Gasteiger partial charge in [-0.3, -0.25) is 4.99 Å². The fourth-order valence-corrected chi connectivity index (χ4v) is 3.21. The van der Waals surface area contributed by atoms with Crippen LogP contribution in [0.1, 0.15) is 32.6 Å². The summed E-state index contributed by atoms with van der Waals surface area (Å²) in [6, 6.07) is 5.89. The van der Waals surface area contributed by atoms with Crippen molar-refractivity contribution in [3.63, 3.8) is 0 Å². The van der Waals surface area contributed by atoms with Crippen LogP contribution in [0.5, 0.6) is 11.5 Å². The van der Waals surface area contributed by atoms with E-state index in [0.29, 0.717) is 25.7 Å². The Morgan fingerprint density at radius 1 is 1.14 bits per heavy atom. The molecular weight excluding hydrogens is 358 g/mol. The molecule has 7 nitrogen and oxygen atoms in total. The number of guanidine groups is 1. The molecule has 7 heteroatoms. The van der Waals surface area contributed by atoms with Gasteiger partial charge in [0.25, 0.3) is 0 Å². The van der Waals surface area contributed by atoms with Crippen molar-refractivity contribution in [1.29, 1.82) is 0 Å². The van der Waals surface area contributed by atoms with Gasteiger partial charge in [0.05, 0.1) is 13.2 Å². The van der Waals surface area contributed by atoms with Gasteiger partial charge in [0.15, 0.2) is 17.5 Å². The van der Waals surface area contributed by atoms with Crippen molar-refractivity contribution >= 4 is 11.6 Å². The molecule has 2 aliphatic heterocycles. The summed E-state index contributed by atoms with van der Waals surface area (Å²) >= 11 is 0. The van der Waals surface area contributed by atoms with Gasteiger partial charge in [-0.25, -0.2) is 0 Å². The standard InChI is InChI=1S/C21H33N3O4/c1-2-22-21(23-9-3-10-26-16-17-7-13-25-14-8-17)24-18-5-6-19-20(15-18)28-12-4-11-27-19/h5-6,15,17H,2-4,7-14,16H2,1H3,(H2,22,23,24). The number of ether oxygens (including phenoxy) is 4. The molecule has 1 aromatic carbocycles. The summed E-state index contributed by atoms with van der Waals surface area (Å²) in [5.41, 5.74) is 0.930. The Hall–Kier alpha value is -1.99. The van der Waals surface area contributed by atoms with Gasteiger partial charge in [0.2, 0.25) is 0 Å². The summed E-state index contributed by atoms with van der Waals surface area (Å²) in [5, 5.41) is 6.62. The molecule has 2 N–H and O–H groups in total. The maximum atomic E-state index is 5.81. The molecule has 0 saturated carbocycles. The average molecular weight is 392 g/mol. The SMILES string of the molecule is CCNC(=NCCCOCC1CCOCC1)Nc1ccc2c(c1)OCCCO2. The monoisotopic (exact) mass is 391 g/mol. The Labute approximate surface area is 167 Å². The molecule has 3 rings (SSSR count). The first-order valence-electron chi connectivity index (χ1n) is 10.5. The Morgan fingerprint density at radius 2 is 1.96 bits per heavy atom. The average Bonchev–Trinajstić information content (AvgIpc) is 2.96. The van der Waals surface area contributed by atoms with Crippen LogP contribution in [0.25, 0.3) is 0 Å². The van der Waals surface area contributed by atoms with Gasteiger partial charge >= 0.3 is 0 Å². The predicted molar refractivity (Wildman–Crippen MR) is 111 cm³/mol. The van der Waals surface area contributed by atoms with Crippen molar-refractivity contribution in [3.8, 4) is 11.5 Å². The number of hydrogen-bond donors (Lipinski definition) is 2. The van der Waals surface area contributed by atoms with E-state index in [2.05, 4.69) is 22.5 Å². The predicted octanol–water partition coefficient (Wildman–Crippen LogP) is 3.06. The highest BCUT2D eigenvalue weighted by Gasteiger charge is 2.13. The van der Waals surface area contributed by atoms with Crippen LogP contribution in [0.3, 0.4) is 0 Å². The van der Waals surface area contributed by atoms with Crippen molar-refractivity contribution in [2.75, 3.05) is 58.0 Å². The molecule has 0 atom stereocenters. The van der Waals surface area contributed by atoms with Crippen LogP contribution in [0.4, 0.5) is 5.69 Å². The molecular formula is C21H33N3O4. The third-order valence-corrected chi connectivity index (χ3v) is 4.77. The van der Waals surface area contributed by atoms with Crippen LogP contribution in [0.2, 0.25) is 0 Å². The number of aliphatic imine (C=N–C) groups is 1. The van der Waals surface area contributed by atoms with E-state index < -0.39 is 0 Å². The van der Waals surface area contributed by atoms with Crippen molar-refractivity contribution in [1.82, 2.24) is 5.32 Å². The van der Waals surface area contributed by atoms with Crippen LogP contribution in [-0.4, -0.2) is 58.7 Å². The topological polar surface area (TPSA) is 73.3 Å². The van der Waals surface area contributed by atoms with Gasteiger partial charge in [0.1, 0.15) is 0 Å². The molecule has 2 aliphatic rings. The van der Waals surface area contributed by atoms with Crippen LogP contribution >= 0.6 is 0 Å². The first kappa shape index (κ1) is 20.7. The number of nitrogens with one attached hydrogen (secondary N) is 2. The second kappa shape index (κ2) is 11.8. The Bertz CT molecular complexity index is 618. The van der Waals surface area contributed by atoms with E-state index in [-0.39, 0.29) is 0 Å². The quantitative estimate of drug-likeness (QED) is 0.403. The Kier molecular flexibility index (Phi) is 8.71. The fourth-order valence-electron chi connectivity index (χ4n) is 3.21. The zero-order chi connectivity index (χ0) is 19.4. The first-order chi connectivity index (χ1) is 13.8. The fraction of sp³-hybridized carbons (Fsp3) is 0.667. The largest absolute Gasteiger partial charge is 0.490 e. The zero-order valence-electron chi connectivity index (χ0n) is 16.9. The molecule has 0 amide bonds. The van der Waals surface area contributed by atoms with Crippen molar-refractivity contribution in [2.45, 2.75) is 32.6 Å². The molecule has 1 fully saturated rings. The van der Waals surface area contributed by atoms with Crippen LogP contribution in [-0.2, 0) is 9.47 Å². The lowest BCUT2D eigenvalue weighted by molar-refractivity contribution is 0.0205. The second-order valence-corrected chi connectivity index (χ2v) is 7.08. The lowest BCUT2D eigenvalue weighted by Gasteiger charge is -2.21. The van der Waals surface area contributed by atoms with Crippen LogP contribution in [0, 0.1) is 5.92 Å². The molecule has 156 valence electrons. The molecule has 0 unspecified atom stereocenters. The molecule has 28 heavy (non-hydrogen) atoms. The normalized spacial score (nSPS) is 17.8. The van der Waals surface area contributed by atoms with Crippen molar-refractivity contribution < 1.29 is 18.9 Å². The third-order valence-electron chi connectivity index (χ3n) is 4.77. The Balaban J connectivity index is 1.42. The third kappa shape index (κ3) is 6.87. The van der Waals surface area contributed by atoms with Crippen molar-refractivity contribution in [3.05, 3.63) is 18.2 Å².